The Morgan fingerprint density at radius 2 is 0.816 bits per heavy atom. The third kappa shape index (κ3) is 5.30. The summed E-state index contributed by atoms with van der Waals surface area (Å²) in [5.74, 6) is 2.19. The minimum Gasteiger partial charge on any atom is -0.280 e. The maximum Gasteiger partial charge on any atom is 0.164 e. The van der Waals surface area contributed by atoms with Crippen molar-refractivity contribution in [2.24, 2.45) is 5.10 Å². The number of benzene rings is 6. The second-order valence-electron chi connectivity index (χ2n) is 12.6. The summed E-state index contributed by atoms with van der Waals surface area (Å²) in [4.78, 5) is 14.8. The van der Waals surface area contributed by atoms with Crippen LogP contribution >= 0.6 is 0 Å². The topological polar surface area (TPSA) is 54.3 Å². The number of aromatic nitrogens is 3. The molecule has 5 heteroatoms. The van der Waals surface area contributed by atoms with Crippen molar-refractivity contribution in [1.29, 1.82) is 0 Å². The Kier molecular flexibility index (Phi) is 7.35. The van der Waals surface area contributed by atoms with Gasteiger partial charge in [0.15, 0.2) is 17.5 Å². The summed E-state index contributed by atoms with van der Waals surface area (Å²) in [5, 5.41) is 7.53. The van der Waals surface area contributed by atoms with Crippen LogP contribution in [0.1, 0.15) is 51.7 Å². The molecule has 7 aromatic rings. The molecule has 0 saturated carbocycles. The van der Waals surface area contributed by atoms with Gasteiger partial charge in [-0.1, -0.05) is 170 Å². The van der Waals surface area contributed by atoms with Gasteiger partial charge in [-0.15, -0.1) is 0 Å². The highest BCUT2D eigenvalue weighted by Crippen LogP contribution is 2.56. The predicted molar refractivity (Wildman–Crippen MR) is 196 cm³/mol. The van der Waals surface area contributed by atoms with E-state index in [0.29, 0.717) is 17.5 Å². The Bertz CT molecular complexity index is 2180. The lowest BCUT2D eigenvalue weighted by molar-refractivity contribution is 0.121. The minimum atomic E-state index is 0.0171. The van der Waals surface area contributed by atoms with Crippen LogP contribution in [0.15, 0.2) is 175 Å². The maximum atomic E-state index is 5.17. The van der Waals surface area contributed by atoms with Gasteiger partial charge in [0.1, 0.15) is 0 Å². The highest BCUT2D eigenvalue weighted by Gasteiger charge is 2.47. The van der Waals surface area contributed by atoms with E-state index in [9.17, 15) is 0 Å². The van der Waals surface area contributed by atoms with Crippen molar-refractivity contribution in [3.8, 4) is 34.2 Å². The molecule has 0 amide bonds. The predicted octanol–water partition coefficient (Wildman–Crippen LogP) is 9.89. The largest absolute Gasteiger partial charge is 0.280 e. The molecule has 6 aromatic carbocycles. The highest BCUT2D eigenvalue weighted by atomic mass is 15.5. The fourth-order valence-electron chi connectivity index (χ4n) is 7.51. The molecule has 2 aliphatic heterocycles. The van der Waals surface area contributed by atoms with Crippen molar-refractivity contribution in [1.82, 2.24) is 20.0 Å². The number of rotatable bonds is 6. The molecule has 2 aliphatic rings. The summed E-state index contributed by atoms with van der Waals surface area (Å²) in [6.07, 6.45) is 2.15. The van der Waals surface area contributed by atoms with E-state index in [1.165, 1.54) is 27.8 Å². The molecule has 1 aromatic heterocycles. The lowest BCUT2D eigenvalue weighted by Gasteiger charge is -2.45. The summed E-state index contributed by atoms with van der Waals surface area (Å²) in [6, 6.07) is 59.7. The fourth-order valence-corrected chi connectivity index (χ4v) is 7.51. The molecule has 9 rings (SSSR count). The van der Waals surface area contributed by atoms with Gasteiger partial charge in [0.25, 0.3) is 0 Å². The Labute approximate surface area is 286 Å². The van der Waals surface area contributed by atoms with E-state index in [1.54, 1.807) is 0 Å². The molecular formula is C44H33N5. The normalized spacial score (nSPS) is 19.3. The second kappa shape index (κ2) is 12.4. The molecule has 4 atom stereocenters. The van der Waals surface area contributed by atoms with Crippen molar-refractivity contribution in [2.45, 2.75) is 23.9 Å². The van der Waals surface area contributed by atoms with Crippen molar-refractivity contribution in [2.75, 3.05) is 0 Å². The zero-order valence-corrected chi connectivity index (χ0v) is 26.8. The summed E-state index contributed by atoms with van der Waals surface area (Å²) in [5.41, 5.74) is 9.29. The fraction of sp³-hybridized carbons (Fsp3) is 0.0909. The molecule has 0 spiro atoms. The molecule has 0 aliphatic carbocycles. The van der Waals surface area contributed by atoms with Crippen LogP contribution in [0.2, 0.25) is 0 Å². The number of hydrogen-bond acceptors (Lipinski definition) is 5. The molecule has 0 bridgehead atoms. The van der Waals surface area contributed by atoms with Crippen LogP contribution in [-0.4, -0.2) is 26.2 Å². The van der Waals surface area contributed by atoms with Gasteiger partial charge >= 0.3 is 0 Å². The monoisotopic (exact) mass is 631 g/mol. The van der Waals surface area contributed by atoms with E-state index in [4.69, 9.17) is 20.1 Å². The molecule has 5 nitrogen and oxygen atoms in total. The van der Waals surface area contributed by atoms with Crippen LogP contribution in [-0.2, 0) is 0 Å². The molecule has 0 fully saturated rings. The van der Waals surface area contributed by atoms with Crippen LogP contribution in [0.5, 0.6) is 0 Å². The van der Waals surface area contributed by atoms with E-state index in [-0.39, 0.29) is 23.9 Å². The summed E-state index contributed by atoms with van der Waals surface area (Å²) < 4.78 is 0. The van der Waals surface area contributed by atoms with Crippen molar-refractivity contribution < 1.29 is 0 Å². The van der Waals surface area contributed by atoms with Gasteiger partial charge in [-0.3, -0.25) is 5.01 Å². The van der Waals surface area contributed by atoms with Crippen LogP contribution < -0.4 is 0 Å². The smallest absolute Gasteiger partial charge is 0.164 e. The first-order chi connectivity index (χ1) is 24.3. The first kappa shape index (κ1) is 29.0. The van der Waals surface area contributed by atoms with E-state index in [1.807, 2.05) is 60.7 Å². The lowest BCUT2D eigenvalue weighted by Crippen LogP contribution is -2.37. The van der Waals surface area contributed by atoms with Gasteiger partial charge in [0, 0.05) is 34.7 Å². The van der Waals surface area contributed by atoms with E-state index in [0.717, 1.165) is 16.7 Å². The average molecular weight is 632 g/mol. The standard InChI is InChI=1S/C44H33N5/c1-5-15-30(16-6-1)38-29-45-49-40(32-17-7-2-8-18-32)39(36-23-13-14-24-37(36)41(38)49)31-25-27-35(28-26-31)44-47-42(33-19-9-3-10-20-33)46-43(48-44)34-21-11-4-12-22-34/h1-29,38-41H. The zero-order chi connectivity index (χ0) is 32.6. The first-order valence-electron chi connectivity index (χ1n) is 16.8. The van der Waals surface area contributed by atoms with Gasteiger partial charge in [-0.05, 0) is 27.8 Å². The summed E-state index contributed by atoms with van der Waals surface area (Å²) in [7, 11) is 0. The Hall–Kier alpha value is -6.20. The summed E-state index contributed by atoms with van der Waals surface area (Å²) in [6.45, 7) is 0. The molecule has 0 N–H and O–H groups in total. The van der Waals surface area contributed by atoms with Crippen molar-refractivity contribution in [3.63, 3.8) is 0 Å². The number of hydrogen-bond donors (Lipinski definition) is 0. The molecule has 234 valence electrons. The van der Waals surface area contributed by atoms with Crippen LogP contribution in [0.3, 0.4) is 0 Å². The lowest BCUT2D eigenvalue weighted by atomic mass is 9.72. The molecule has 3 heterocycles. The molecular weight excluding hydrogens is 599 g/mol. The van der Waals surface area contributed by atoms with Crippen LogP contribution in [0, 0.1) is 0 Å². The summed E-state index contributed by atoms with van der Waals surface area (Å²) >= 11 is 0. The van der Waals surface area contributed by atoms with Crippen molar-refractivity contribution >= 4 is 6.21 Å². The highest BCUT2D eigenvalue weighted by molar-refractivity contribution is 5.73. The van der Waals surface area contributed by atoms with Crippen LogP contribution in [0.4, 0.5) is 0 Å². The van der Waals surface area contributed by atoms with Gasteiger partial charge in [0.05, 0.1) is 12.1 Å². The maximum absolute atomic E-state index is 5.17. The Balaban J connectivity index is 1.15. The molecule has 0 radical (unpaired) electrons. The first-order valence-corrected chi connectivity index (χ1v) is 16.8. The molecule has 0 saturated heterocycles. The van der Waals surface area contributed by atoms with Crippen molar-refractivity contribution in [3.05, 3.63) is 198 Å². The van der Waals surface area contributed by atoms with E-state index >= 15 is 0 Å². The van der Waals surface area contributed by atoms with Gasteiger partial charge < -0.3 is 0 Å². The third-order valence-corrected chi connectivity index (χ3v) is 9.79. The average Bonchev–Trinajstić information content (AvgIpc) is 3.64. The zero-order valence-electron chi connectivity index (χ0n) is 26.8. The van der Waals surface area contributed by atoms with Crippen LogP contribution in [0.25, 0.3) is 34.2 Å². The third-order valence-electron chi connectivity index (χ3n) is 9.79. The number of hydrazone groups is 1. The second-order valence-corrected chi connectivity index (χ2v) is 12.6. The molecule has 4 unspecified atom stereocenters. The van der Waals surface area contributed by atoms with E-state index in [2.05, 4.69) is 120 Å². The SMILES string of the molecule is C1=NN2C(c3ccccc3C(c3ccc(-c4nc(-c5ccccc5)nc(-c5ccccc5)n4)cc3)C2c2ccccc2)C1c1ccccc1. The Morgan fingerprint density at radius 1 is 0.367 bits per heavy atom. The quantitative estimate of drug-likeness (QED) is 0.183. The number of nitrogens with zero attached hydrogens (tertiary/aromatic N) is 5. The van der Waals surface area contributed by atoms with Gasteiger partial charge in [-0.25, -0.2) is 15.0 Å². The van der Waals surface area contributed by atoms with E-state index < -0.39 is 0 Å². The van der Waals surface area contributed by atoms with Gasteiger partial charge in [-0.2, -0.15) is 5.10 Å². The number of fused-ring (bicyclic) bond motifs is 3. The molecule has 49 heavy (non-hydrogen) atoms. The van der Waals surface area contributed by atoms with Gasteiger partial charge in [0.2, 0.25) is 0 Å². The minimum absolute atomic E-state index is 0.0171. The Morgan fingerprint density at radius 3 is 1.37 bits per heavy atom.